The van der Waals surface area contributed by atoms with E-state index in [1.165, 1.54) is 51.0 Å². The van der Waals surface area contributed by atoms with Gasteiger partial charge in [0.1, 0.15) is 0 Å². The lowest BCUT2D eigenvalue weighted by atomic mass is 9.81. The molecule has 0 bridgehead atoms. The van der Waals surface area contributed by atoms with Gasteiger partial charge in [-0.3, -0.25) is 19.4 Å². The Kier molecular flexibility index (Phi) is 8.20. The van der Waals surface area contributed by atoms with Crippen LogP contribution in [0.2, 0.25) is 0 Å². The molecule has 2 aromatic rings. The fourth-order valence-electron chi connectivity index (χ4n) is 7.78. The topological polar surface area (TPSA) is 59.1 Å². The number of rotatable bonds is 6. The van der Waals surface area contributed by atoms with Gasteiger partial charge in [0.2, 0.25) is 0 Å². The highest BCUT2D eigenvalue weighted by atomic mass is 16.5. The van der Waals surface area contributed by atoms with E-state index >= 15 is 0 Å². The number of ether oxygens (including phenoxy) is 2. The van der Waals surface area contributed by atoms with E-state index in [0.29, 0.717) is 11.8 Å². The Bertz CT molecular complexity index is 1010. The molecule has 4 atom stereocenters. The van der Waals surface area contributed by atoms with Crippen LogP contribution in [0.15, 0.2) is 60.7 Å². The van der Waals surface area contributed by atoms with Crippen LogP contribution in [-0.4, -0.2) is 62.1 Å². The third-order valence-electron chi connectivity index (χ3n) is 9.56. The first-order chi connectivity index (χ1) is 18.5. The molecule has 2 aromatic carbocycles. The number of methoxy groups -OCH3 is 2. The maximum atomic E-state index is 12.2. The number of benzene rings is 2. The molecule has 2 aliphatic heterocycles. The molecule has 2 saturated carbocycles. The summed E-state index contributed by atoms with van der Waals surface area (Å²) in [7, 11) is 3.04. The largest absolute Gasteiger partial charge is 0.469 e. The van der Waals surface area contributed by atoms with Crippen molar-refractivity contribution in [2.75, 3.05) is 40.4 Å². The van der Waals surface area contributed by atoms with Gasteiger partial charge in [0.15, 0.2) is 0 Å². The summed E-state index contributed by atoms with van der Waals surface area (Å²) in [5, 5.41) is 0. The molecule has 0 radical (unpaired) electrons. The van der Waals surface area contributed by atoms with E-state index in [2.05, 4.69) is 58.3 Å². The number of esters is 2. The summed E-state index contributed by atoms with van der Waals surface area (Å²) in [6, 6.07) is 21.0. The van der Waals surface area contributed by atoms with Gasteiger partial charge in [-0.25, -0.2) is 0 Å². The Labute approximate surface area is 227 Å². The number of hydrogen-bond acceptors (Lipinski definition) is 6. The minimum atomic E-state index is -0.219. The first-order valence-electron chi connectivity index (χ1n) is 14.2. The number of likely N-dealkylation sites (tertiary alicyclic amines) is 2. The number of hydrogen-bond donors (Lipinski definition) is 0. The molecule has 0 N–H and O–H groups in total. The Morgan fingerprint density at radius 2 is 1.11 bits per heavy atom. The molecule has 2 aliphatic carbocycles. The van der Waals surface area contributed by atoms with E-state index < -0.39 is 0 Å². The molecule has 6 rings (SSSR count). The monoisotopic (exact) mass is 518 g/mol. The van der Waals surface area contributed by atoms with Gasteiger partial charge in [0.25, 0.3) is 0 Å². The molecule has 4 fully saturated rings. The van der Waals surface area contributed by atoms with Crippen LogP contribution in [0.25, 0.3) is 0 Å². The van der Waals surface area contributed by atoms with Gasteiger partial charge in [0.05, 0.1) is 25.0 Å². The maximum absolute atomic E-state index is 12.2. The molecule has 204 valence electrons. The third kappa shape index (κ3) is 5.26. The summed E-state index contributed by atoms with van der Waals surface area (Å²) in [6.45, 7) is 5.67. The Balaban J connectivity index is 0.000000155. The first kappa shape index (κ1) is 26.9. The van der Waals surface area contributed by atoms with Crippen LogP contribution in [0.3, 0.4) is 0 Å². The second kappa shape index (κ2) is 11.6. The first-order valence-corrected chi connectivity index (χ1v) is 14.2. The smallest absolute Gasteiger partial charge is 0.313 e. The van der Waals surface area contributed by atoms with Crippen LogP contribution in [0.4, 0.5) is 0 Å². The van der Waals surface area contributed by atoms with Crippen molar-refractivity contribution >= 4 is 11.9 Å². The predicted molar refractivity (Wildman–Crippen MR) is 147 cm³/mol. The van der Waals surface area contributed by atoms with Crippen LogP contribution >= 0.6 is 0 Å². The highest BCUT2D eigenvalue weighted by molar-refractivity contribution is 5.79. The van der Waals surface area contributed by atoms with Crippen LogP contribution in [0.1, 0.15) is 49.7 Å². The van der Waals surface area contributed by atoms with Crippen molar-refractivity contribution in [2.24, 2.45) is 22.7 Å². The molecule has 6 nitrogen and oxygen atoms in total. The molecule has 2 heterocycles. The van der Waals surface area contributed by atoms with Crippen molar-refractivity contribution in [3.8, 4) is 0 Å². The zero-order valence-corrected chi connectivity index (χ0v) is 22.9. The molecule has 4 aliphatic rings. The van der Waals surface area contributed by atoms with Crippen LogP contribution < -0.4 is 0 Å². The molecule has 0 unspecified atom stereocenters. The van der Waals surface area contributed by atoms with Crippen molar-refractivity contribution in [1.29, 1.82) is 0 Å². The summed E-state index contributed by atoms with van der Waals surface area (Å²) in [5.74, 6) is 0.989. The normalized spacial score (nSPS) is 30.3. The van der Waals surface area contributed by atoms with E-state index in [-0.39, 0.29) is 22.8 Å². The summed E-state index contributed by atoms with van der Waals surface area (Å²) in [4.78, 5) is 29.2. The Morgan fingerprint density at radius 1 is 0.711 bits per heavy atom. The van der Waals surface area contributed by atoms with Gasteiger partial charge < -0.3 is 9.47 Å². The van der Waals surface area contributed by atoms with Crippen molar-refractivity contribution < 1.29 is 19.1 Å². The zero-order chi connectivity index (χ0) is 26.6. The van der Waals surface area contributed by atoms with E-state index in [1.54, 1.807) is 0 Å². The molecular formula is C32H42N2O4. The fraction of sp³-hybridized carbons (Fsp3) is 0.562. The number of fused-ring (bicyclic) bond motifs is 2. The van der Waals surface area contributed by atoms with Gasteiger partial charge in [0, 0.05) is 39.3 Å². The number of carbonyl (C=O) groups is 2. The lowest BCUT2D eigenvalue weighted by Crippen LogP contribution is -2.36. The molecule has 38 heavy (non-hydrogen) atoms. The van der Waals surface area contributed by atoms with Crippen molar-refractivity contribution in [1.82, 2.24) is 9.80 Å². The van der Waals surface area contributed by atoms with Gasteiger partial charge in [-0.15, -0.1) is 0 Å². The summed E-state index contributed by atoms with van der Waals surface area (Å²) in [5.41, 5.74) is 2.21. The summed E-state index contributed by atoms with van der Waals surface area (Å²) < 4.78 is 10.1. The van der Waals surface area contributed by atoms with Crippen LogP contribution in [0, 0.1) is 22.7 Å². The van der Waals surface area contributed by atoms with Crippen molar-refractivity contribution in [2.45, 2.75) is 51.6 Å². The lowest BCUT2D eigenvalue weighted by Gasteiger charge is -2.25. The lowest BCUT2D eigenvalue weighted by molar-refractivity contribution is -0.154. The highest BCUT2D eigenvalue weighted by Gasteiger charge is 2.56. The maximum Gasteiger partial charge on any atom is 0.313 e. The Morgan fingerprint density at radius 3 is 1.47 bits per heavy atom. The SMILES string of the molecule is COC(=O)[C@@]12CCC[C@@H]1CN(Cc1ccccc1)C2.COC(=O)[C@]12CCC[C@H]1CN(Cc1ccccc1)C2. The fourth-order valence-corrected chi connectivity index (χ4v) is 7.78. The van der Waals surface area contributed by atoms with Gasteiger partial charge in [-0.1, -0.05) is 73.5 Å². The van der Waals surface area contributed by atoms with Crippen LogP contribution in [0.5, 0.6) is 0 Å². The second-order valence-corrected chi connectivity index (χ2v) is 11.8. The van der Waals surface area contributed by atoms with Crippen LogP contribution in [-0.2, 0) is 32.2 Å². The highest BCUT2D eigenvalue weighted by Crippen LogP contribution is 2.50. The van der Waals surface area contributed by atoms with Crippen molar-refractivity contribution in [3.63, 3.8) is 0 Å². The zero-order valence-electron chi connectivity index (χ0n) is 22.9. The minimum absolute atomic E-state index is 0.00515. The Hall–Kier alpha value is -2.70. The summed E-state index contributed by atoms with van der Waals surface area (Å²) >= 11 is 0. The molecule has 2 saturated heterocycles. The van der Waals surface area contributed by atoms with Gasteiger partial charge >= 0.3 is 11.9 Å². The second-order valence-electron chi connectivity index (χ2n) is 11.8. The standard InChI is InChI=1S/2C16H21NO2/c2*1-19-15(18)16-9-5-8-14(16)11-17(12-16)10-13-6-3-2-4-7-13/h2*2-4,6-7,14H,5,8-12H2,1H3/t2*14-,16-/m10/s1. The third-order valence-corrected chi connectivity index (χ3v) is 9.56. The van der Waals surface area contributed by atoms with E-state index in [0.717, 1.165) is 52.1 Å². The average Bonchev–Trinajstić information content (AvgIpc) is 3.69. The quantitative estimate of drug-likeness (QED) is 0.506. The number of nitrogens with zero attached hydrogens (tertiary/aromatic N) is 2. The van der Waals surface area contributed by atoms with E-state index in [1.807, 2.05) is 12.1 Å². The molecule has 0 aromatic heterocycles. The molecule has 6 heteroatoms. The number of carbonyl (C=O) groups excluding carboxylic acids is 2. The molecule has 0 spiro atoms. The molecular weight excluding hydrogens is 476 g/mol. The predicted octanol–water partition coefficient (Wildman–Crippen LogP) is 4.92. The summed E-state index contributed by atoms with van der Waals surface area (Å²) in [6.07, 6.45) is 6.66. The minimum Gasteiger partial charge on any atom is -0.469 e. The van der Waals surface area contributed by atoms with Crippen molar-refractivity contribution in [3.05, 3.63) is 71.8 Å². The van der Waals surface area contributed by atoms with E-state index in [4.69, 9.17) is 9.47 Å². The van der Waals surface area contributed by atoms with E-state index in [9.17, 15) is 9.59 Å². The average molecular weight is 519 g/mol. The van der Waals surface area contributed by atoms with Gasteiger partial charge in [-0.2, -0.15) is 0 Å². The van der Waals surface area contributed by atoms with Gasteiger partial charge in [-0.05, 0) is 48.6 Å². The molecule has 0 amide bonds.